The molecule has 3 amide bonds. The van der Waals surface area contributed by atoms with Gasteiger partial charge in [0.1, 0.15) is 11.1 Å². The average molecular weight is 251 g/mol. The molecule has 3 fully saturated rings. The van der Waals surface area contributed by atoms with Crippen molar-refractivity contribution in [2.24, 2.45) is 5.92 Å². The lowest BCUT2D eigenvalue weighted by molar-refractivity contribution is -0.168. The highest BCUT2D eigenvalue weighted by atomic mass is 16.2. The van der Waals surface area contributed by atoms with Gasteiger partial charge in [-0.3, -0.25) is 14.4 Å². The minimum Gasteiger partial charge on any atom is -0.351 e. The van der Waals surface area contributed by atoms with Gasteiger partial charge in [0.25, 0.3) is 0 Å². The Hall–Kier alpha value is -1.59. The Morgan fingerprint density at radius 1 is 1.11 bits per heavy atom. The zero-order valence-electron chi connectivity index (χ0n) is 10.6. The van der Waals surface area contributed by atoms with Crippen molar-refractivity contribution in [1.29, 1.82) is 0 Å². The molecule has 0 bridgehead atoms. The Labute approximate surface area is 105 Å². The highest BCUT2D eigenvalue weighted by Gasteiger charge is 2.69. The molecular weight excluding hydrogens is 234 g/mol. The third-order valence-electron chi connectivity index (χ3n) is 4.45. The molecule has 3 aliphatic heterocycles. The van der Waals surface area contributed by atoms with Crippen molar-refractivity contribution in [1.82, 2.24) is 15.5 Å². The smallest absolute Gasteiger partial charge is 0.247 e. The van der Waals surface area contributed by atoms with E-state index in [4.69, 9.17) is 0 Å². The predicted molar refractivity (Wildman–Crippen MR) is 62.4 cm³/mol. The van der Waals surface area contributed by atoms with Gasteiger partial charge in [0, 0.05) is 5.92 Å². The number of β-lactam (4-membered cyclic amide) rings is 2. The molecule has 98 valence electrons. The molecule has 0 aromatic carbocycles. The van der Waals surface area contributed by atoms with Gasteiger partial charge >= 0.3 is 0 Å². The third-order valence-corrected chi connectivity index (χ3v) is 4.45. The number of amides is 3. The highest BCUT2D eigenvalue weighted by molar-refractivity contribution is 6.04. The summed E-state index contributed by atoms with van der Waals surface area (Å²) in [7, 11) is 0. The van der Waals surface area contributed by atoms with Crippen molar-refractivity contribution in [2.45, 2.75) is 37.8 Å². The topological polar surface area (TPSA) is 78.5 Å². The summed E-state index contributed by atoms with van der Waals surface area (Å²) in [5.41, 5.74) is -1.53. The summed E-state index contributed by atoms with van der Waals surface area (Å²) in [6.45, 7) is 4.54. The van der Waals surface area contributed by atoms with Crippen LogP contribution in [-0.4, -0.2) is 46.8 Å². The van der Waals surface area contributed by atoms with Gasteiger partial charge in [-0.25, -0.2) is 0 Å². The first-order chi connectivity index (χ1) is 8.44. The van der Waals surface area contributed by atoms with E-state index in [9.17, 15) is 14.4 Å². The van der Waals surface area contributed by atoms with Gasteiger partial charge in [-0.15, -0.1) is 0 Å². The summed E-state index contributed by atoms with van der Waals surface area (Å²) in [6.07, 6.45) is 1.18. The molecule has 3 aliphatic rings. The SMILES string of the molecule is CC(C)C(=O)N1C2(CCC13CNC3=O)CNC2=O. The molecule has 3 heterocycles. The molecule has 2 N–H and O–H groups in total. The van der Waals surface area contributed by atoms with Crippen molar-refractivity contribution in [3.8, 4) is 0 Å². The molecule has 3 rings (SSSR count). The van der Waals surface area contributed by atoms with E-state index in [0.717, 1.165) is 0 Å². The fraction of sp³-hybridized carbons (Fsp3) is 0.750. The Kier molecular flexibility index (Phi) is 2.07. The first kappa shape index (κ1) is 11.5. The Morgan fingerprint density at radius 2 is 1.56 bits per heavy atom. The number of rotatable bonds is 1. The van der Waals surface area contributed by atoms with Crippen LogP contribution in [0.4, 0.5) is 0 Å². The minimum absolute atomic E-state index is 0.0998. The molecule has 6 nitrogen and oxygen atoms in total. The van der Waals surface area contributed by atoms with E-state index >= 15 is 0 Å². The number of carbonyl (C=O) groups excluding carboxylic acids is 3. The van der Waals surface area contributed by atoms with Gasteiger partial charge in [0.05, 0.1) is 13.1 Å². The first-order valence-electron chi connectivity index (χ1n) is 6.35. The molecule has 0 aromatic heterocycles. The van der Waals surface area contributed by atoms with Crippen molar-refractivity contribution < 1.29 is 14.4 Å². The number of nitrogens with one attached hydrogen (secondary N) is 2. The van der Waals surface area contributed by atoms with Crippen LogP contribution in [0.15, 0.2) is 0 Å². The summed E-state index contributed by atoms with van der Waals surface area (Å²) >= 11 is 0. The normalized spacial score (nSPS) is 37.6. The molecule has 2 unspecified atom stereocenters. The summed E-state index contributed by atoms with van der Waals surface area (Å²) in [5, 5.41) is 5.40. The van der Waals surface area contributed by atoms with Crippen LogP contribution in [0.3, 0.4) is 0 Å². The fourth-order valence-electron chi connectivity index (χ4n) is 3.22. The van der Waals surface area contributed by atoms with Crippen molar-refractivity contribution >= 4 is 17.7 Å². The van der Waals surface area contributed by atoms with Crippen LogP contribution >= 0.6 is 0 Å². The lowest BCUT2D eigenvalue weighted by Crippen LogP contribution is -2.80. The van der Waals surface area contributed by atoms with Crippen molar-refractivity contribution in [3.63, 3.8) is 0 Å². The molecule has 0 aliphatic carbocycles. The molecule has 0 aromatic rings. The zero-order chi connectivity index (χ0) is 13.1. The van der Waals surface area contributed by atoms with Gasteiger partial charge in [-0.05, 0) is 12.8 Å². The van der Waals surface area contributed by atoms with E-state index in [2.05, 4.69) is 10.6 Å². The molecule has 0 radical (unpaired) electrons. The maximum Gasteiger partial charge on any atom is 0.247 e. The van der Waals surface area contributed by atoms with Crippen LogP contribution in [0.2, 0.25) is 0 Å². The first-order valence-corrected chi connectivity index (χ1v) is 6.35. The summed E-state index contributed by atoms with van der Waals surface area (Å²) in [6, 6.07) is 0. The van der Waals surface area contributed by atoms with Gasteiger partial charge in [0.2, 0.25) is 17.7 Å². The van der Waals surface area contributed by atoms with E-state index in [1.54, 1.807) is 18.7 Å². The number of likely N-dealkylation sites (tertiary alicyclic amines) is 1. The molecule has 3 saturated heterocycles. The molecule has 0 saturated carbocycles. The van der Waals surface area contributed by atoms with Crippen LogP contribution < -0.4 is 10.6 Å². The predicted octanol–water partition coefficient (Wildman–Crippen LogP) is -0.998. The van der Waals surface area contributed by atoms with Gasteiger partial charge < -0.3 is 15.5 Å². The number of hydrogen-bond acceptors (Lipinski definition) is 3. The van der Waals surface area contributed by atoms with Crippen LogP contribution in [0.1, 0.15) is 26.7 Å². The minimum atomic E-state index is -0.765. The molecule has 6 heteroatoms. The lowest BCUT2D eigenvalue weighted by Gasteiger charge is -2.53. The van der Waals surface area contributed by atoms with Crippen LogP contribution in [0.25, 0.3) is 0 Å². The standard InChI is InChI=1S/C12H17N3O3/c1-7(2)8(16)15-11(5-13-9(11)17)3-4-12(15)6-14-10(12)18/h7H,3-6H2,1-2H3,(H,13,17)(H,14,18). The third kappa shape index (κ3) is 1.06. The number of carbonyl (C=O) groups is 3. The van der Waals surface area contributed by atoms with Crippen LogP contribution in [0.5, 0.6) is 0 Å². The number of hydrogen-bond donors (Lipinski definition) is 2. The maximum absolute atomic E-state index is 12.4. The summed E-state index contributed by atoms with van der Waals surface area (Å²) in [5.74, 6) is -0.544. The molecule has 2 atom stereocenters. The second kappa shape index (κ2) is 3.24. The average Bonchev–Trinajstić information content (AvgIpc) is 2.74. The zero-order valence-corrected chi connectivity index (χ0v) is 10.6. The van der Waals surface area contributed by atoms with E-state index in [0.29, 0.717) is 25.9 Å². The van der Waals surface area contributed by atoms with Crippen LogP contribution in [0, 0.1) is 5.92 Å². The second-order valence-corrected chi connectivity index (χ2v) is 5.76. The molecular formula is C12H17N3O3. The summed E-state index contributed by atoms with van der Waals surface area (Å²) < 4.78 is 0. The monoisotopic (exact) mass is 251 g/mol. The fourth-order valence-corrected chi connectivity index (χ4v) is 3.22. The van der Waals surface area contributed by atoms with Crippen LogP contribution in [-0.2, 0) is 14.4 Å². The lowest BCUT2D eigenvalue weighted by atomic mass is 9.86. The Bertz CT molecular complexity index is 429. The second-order valence-electron chi connectivity index (χ2n) is 5.76. The highest BCUT2D eigenvalue weighted by Crippen LogP contribution is 2.47. The molecule has 2 spiro atoms. The van der Waals surface area contributed by atoms with Crippen molar-refractivity contribution in [3.05, 3.63) is 0 Å². The largest absolute Gasteiger partial charge is 0.351 e. The molecule has 18 heavy (non-hydrogen) atoms. The van der Waals surface area contributed by atoms with Gasteiger partial charge in [0.15, 0.2) is 0 Å². The van der Waals surface area contributed by atoms with E-state index in [1.807, 2.05) is 0 Å². The van der Waals surface area contributed by atoms with Gasteiger partial charge in [-0.1, -0.05) is 13.8 Å². The Morgan fingerprint density at radius 3 is 1.78 bits per heavy atom. The van der Waals surface area contributed by atoms with Gasteiger partial charge in [-0.2, -0.15) is 0 Å². The quantitative estimate of drug-likeness (QED) is 0.587. The summed E-state index contributed by atoms with van der Waals surface area (Å²) in [4.78, 5) is 37.8. The maximum atomic E-state index is 12.4. The number of nitrogens with zero attached hydrogens (tertiary/aromatic N) is 1. The Balaban J connectivity index is 2.02. The van der Waals surface area contributed by atoms with E-state index in [-0.39, 0.29) is 23.6 Å². The van der Waals surface area contributed by atoms with E-state index in [1.165, 1.54) is 0 Å². The van der Waals surface area contributed by atoms with Crippen molar-refractivity contribution in [2.75, 3.05) is 13.1 Å². The van der Waals surface area contributed by atoms with E-state index < -0.39 is 11.1 Å².